The van der Waals surface area contributed by atoms with Gasteiger partial charge < -0.3 is 10.6 Å². The van der Waals surface area contributed by atoms with Crippen molar-refractivity contribution >= 4 is 23.2 Å². The molecule has 100 valence electrons. The van der Waals surface area contributed by atoms with E-state index in [1.165, 1.54) is 19.2 Å². The van der Waals surface area contributed by atoms with E-state index in [2.05, 4.69) is 35.6 Å². The van der Waals surface area contributed by atoms with Crippen molar-refractivity contribution in [3.05, 3.63) is 11.3 Å². The van der Waals surface area contributed by atoms with Crippen molar-refractivity contribution in [1.29, 1.82) is 0 Å². The highest BCUT2D eigenvalue weighted by Gasteiger charge is 2.29. The molecule has 1 aromatic heterocycles. The summed E-state index contributed by atoms with van der Waals surface area (Å²) in [6.45, 7) is 8.89. The van der Waals surface area contributed by atoms with Crippen molar-refractivity contribution < 1.29 is 0 Å². The molecule has 0 saturated carbocycles. The fraction of sp³-hybridized carbons (Fsp3) is 0.692. The summed E-state index contributed by atoms with van der Waals surface area (Å²) in [7, 11) is 0. The second-order valence-corrected chi connectivity index (χ2v) is 6.40. The Balaban J connectivity index is 2.08. The van der Waals surface area contributed by atoms with Crippen molar-refractivity contribution in [2.75, 3.05) is 23.7 Å². The Morgan fingerprint density at radius 2 is 1.89 bits per heavy atom. The summed E-state index contributed by atoms with van der Waals surface area (Å²) in [5.74, 6) is 1.89. The number of anilines is 2. The maximum Gasteiger partial charge on any atom is 0.153 e. The van der Waals surface area contributed by atoms with Gasteiger partial charge in [-0.1, -0.05) is 32.4 Å². The van der Waals surface area contributed by atoms with E-state index in [0.717, 1.165) is 24.8 Å². The monoisotopic (exact) mass is 268 g/mol. The van der Waals surface area contributed by atoms with Crippen molar-refractivity contribution in [3.8, 4) is 0 Å². The molecule has 1 aliphatic rings. The Morgan fingerprint density at radius 3 is 2.44 bits per heavy atom. The van der Waals surface area contributed by atoms with Gasteiger partial charge in [-0.05, 0) is 24.2 Å². The highest BCUT2D eigenvalue weighted by atomic mass is 35.5. The van der Waals surface area contributed by atoms with Gasteiger partial charge in [-0.15, -0.1) is 0 Å². The first-order valence-corrected chi connectivity index (χ1v) is 6.78. The third-order valence-corrected chi connectivity index (χ3v) is 4.18. The van der Waals surface area contributed by atoms with Crippen LogP contribution in [0.25, 0.3) is 0 Å². The zero-order chi connectivity index (χ0) is 13.3. The van der Waals surface area contributed by atoms with Crippen LogP contribution in [-0.4, -0.2) is 23.1 Å². The molecule has 1 aliphatic heterocycles. The molecule has 0 bridgehead atoms. The first-order chi connectivity index (χ1) is 8.39. The normalized spacial score (nSPS) is 18.1. The summed E-state index contributed by atoms with van der Waals surface area (Å²) in [6.07, 6.45) is 3.82. The van der Waals surface area contributed by atoms with Crippen LogP contribution in [0.3, 0.4) is 0 Å². The Morgan fingerprint density at radius 1 is 1.28 bits per heavy atom. The molecule has 1 fully saturated rings. The second kappa shape index (κ2) is 4.92. The zero-order valence-electron chi connectivity index (χ0n) is 11.3. The third kappa shape index (κ3) is 2.69. The van der Waals surface area contributed by atoms with E-state index < -0.39 is 0 Å². The lowest BCUT2D eigenvalue weighted by Crippen LogP contribution is -2.38. The van der Waals surface area contributed by atoms with Crippen LogP contribution in [0.4, 0.5) is 11.6 Å². The molecule has 0 spiro atoms. The van der Waals surface area contributed by atoms with Crippen LogP contribution in [0.5, 0.6) is 0 Å². The number of nitrogens with two attached hydrogens (primary N) is 1. The Labute approximate surface area is 114 Å². The van der Waals surface area contributed by atoms with Gasteiger partial charge in [-0.25, -0.2) is 9.97 Å². The lowest BCUT2D eigenvalue weighted by atomic mass is 9.75. The quantitative estimate of drug-likeness (QED) is 0.851. The van der Waals surface area contributed by atoms with Crippen molar-refractivity contribution in [3.63, 3.8) is 0 Å². The van der Waals surface area contributed by atoms with Crippen LogP contribution in [0.15, 0.2) is 6.33 Å². The molecule has 5 heteroatoms. The van der Waals surface area contributed by atoms with Gasteiger partial charge in [0.1, 0.15) is 17.2 Å². The topological polar surface area (TPSA) is 55.0 Å². The molecule has 2 rings (SSSR count). The van der Waals surface area contributed by atoms with Crippen molar-refractivity contribution in [1.82, 2.24) is 9.97 Å². The van der Waals surface area contributed by atoms with Gasteiger partial charge in [0, 0.05) is 13.1 Å². The second-order valence-electron chi connectivity index (χ2n) is 6.02. The van der Waals surface area contributed by atoms with E-state index in [9.17, 15) is 0 Å². The summed E-state index contributed by atoms with van der Waals surface area (Å²) in [5, 5.41) is 0.478. The number of rotatable bonds is 1. The maximum atomic E-state index is 6.16. The average Bonchev–Trinajstić information content (AvgIpc) is 2.32. The standard InChI is InChI=1S/C13H21ClN4/c1-13(2,3)9-4-6-18(7-5-9)12-10(14)11(15)16-8-17-12/h8-9H,4-7H2,1-3H3,(H2,15,16,17). The van der Waals surface area contributed by atoms with Gasteiger partial charge in [0.25, 0.3) is 0 Å². The zero-order valence-corrected chi connectivity index (χ0v) is 12.0. The summed E-state index contributed by atoms with van der Waals surface area (Å²) >= 11 is 6.16. The fourth-order valence-corrected chi connectivity index (χ4v) is 2.77. The highest BCUT2D eigenvalue weighted by molar-refractivity contribution is 6.35. The number of halogens is 1. The molecule has 0 aromatic carbocycles. The van der Waals surface area contributed by atoms with E-state index >= 15 is 0 Å². The molecule has 1 aromatic rings. The van der Waals surface area contributed by atoms with Crippen molar-refractivity contribution in [2.24, 2.45) is 11.3 Å². The Bertz CT molecular complexity index is 419. The van der Waals surface area contributed by atoms with E-state index in [-0.39, 0.29) is 0 Å². The smallest absolute Gasteiger partial charge is 0.153 e. The molecule has 0 unspecified atom stereocenters. The number of hydrogen-bond donors (Lipinski definition) is 1. The number of nitrogen functional groups attached to an aromatic ring is 1. The van der Waals surface area contributed by atoms with Gasteiger partial charge >= 0.3 is 0 Å². The number of piperidine rings is 1. The van der Waals surface area contributed by atoms with E-state index in [1.54, 1.807) is 0 Å². The molecule has 0 atom stereocenters. The van der Waals surface area contributed by atoms with Gasteiger partial charge in [0.2, 0.25) is 0 Å². The molecule has 0 aliphatic carbocycles. The fourth-order valence-electron chi connectivity index (χ4n) is 2.55. The summed E-state index contributed by atoms with van der Waals surface area (Å²) in [4.78, 5) is 10.4. The van der Waals surface area contributed by atoms with Crippen molar-refractivity contribution in [2.45, 2.75) is 33.6 Å². The molecular formula is C13H21ClN4. The van der Waals surface area contributed by atoms with E-state index in [4.69, 9.17) is 17.3 Å². The molecule has 0 amide bonds. The van der Waals surface area contributed by atoms with E-state index in [0.29, 0.717) is 16.3 Å². The predicted molar refractivity (Wildman–Crippen MR) is 75.8 cm³/mol. The molecule has 0 radical (unpaired) electrons. The largest absolute Gasteiger partial charge is 0.382 e. The van der Waals surface area contributed by atoms with Gasteiger partial charge in [-0.3, -0.25) is 0 Å². The van der Waals surface area contributed by atoms with Crippen LogP contribution in [0.1, 0.15) is 33.6 Å². The van der Waals surface area contributed by atoms with E-state index in [1.807, 2.05) is 0 Å². The van der Waals surface area contributed by atoms with Crippen LogP contribution < -0.4 is 10.6 Å². The summed E-state index contributed by atoms with van der Waals surface area (Å²) < 4.78 is 0. The van der Waals surface area contributed by atoms with Gasteiger partial charge in [0.05, 0.1) is 0 Å². The van der Waals surface area contributed by atoms with Crippen LogP contribution in [-0.2, 0) is 0 Å². The van der Waals surface area contributed by atoms with Gasteiger partial charge in [0.15, 0.2) is 5.82 Å². The number of nitrogens with zero attached hydrogens (tertiary/aromatic N) is 3. The first-order valence-electron chi connectivity index (χ1n) is 6.40. The minimum atomic E-state index is 0.361. The van der Waals surface area contributed by atoms with Crippen LogP contribution >= 0.6 is 11.6 Å². The molecule has 2 heterocycles. The molecule has 18 heavy (non-hydrogen) atoms. The average molecular weight is 269 g/mol. The van der Waals surface area contributed by atoms with Gasteiger partial charge in [-0.2, -0.15) is 0 Å². The number of aromatic nitrogens is 2. The van der Waals surface area contributed by atoms with Crippen LogP contribution in [0.2, 0.25) is 5.02 Å². The molecule has 4 nitrogen and oxygen atoms in total. The molecule has 1 saturated heterocycles. The Hall–Kier alpha value is -1.03. The van der Waals surface area contributed by atoms with Crippen LogP contribution in [0, 0.1) is 11.3 Å². The predicted octanol–water partition coefficient (Wildman–Crippen LogP) is 2.97. The lowest BCUT2D eigenvalue weighted by Gasteiger charge is -2.39. The molecule has 2 N–H and O–H groups in total. The maximum absolute atomic E-state index is 6.16. The summed E-state index contributed by atoms with van der Waals surface area (Å²) in [6, 6.07) is 0. The number of hydrogen-bond acceptors (Lipinski definition) is 4. The first kappa shape index (κ1) is 13.4. The lowest BCUT2D eigenvalue weighted by molar-refractivity contribution is 0.198. The Kier molecular flexibility index (Phi) is 3.66. The third-order valence-electron chi connectivity index (χ3n) is 3.82. The minimum Gasteiger partial charge on any atom is -0.382 e. The summed E-state index contributed by atoms with van der Waals surface area (Å²) in [5.41, 5.74) is 6.09. The SMILES string of the molecule is CC(C)(C)C1CCN(c2ncnc(N)c2Cl)CC1. The minimum absolute atomic E-state index is 0.361. The molecular weight excluding hydrogens is 248 g/mol. The highest BCUT2D eigenvalue weighted by Crippen LogP contribution is 2.36.